The van der Waals surface area contributed by atoms with Crippen molar-refractivity contribution in [2.75, 3.05) is 22.5 Å². The zero-order valence-corrected chi connectivity index (χ0v) is 12.3. The molecule has 0 aliphatic carbocycles. The molecule has 0 unspecified atom stereocenters. The van der Waals surface area contributed by atoms with E-state index in [0.29, 0.717) is 34.1 Å². The van der Waals surface area contributed by atoms with Gasteiger partial charge in [0.05, 0.1) is 0 Å². The number of thioether (sulfide) groups is 1. The molecule has 0 saturated carbocycles. The van der Waals surface area contributed by atoms with Crippen molar-refractivity contribution in [1.29, 1.82) is 0 Å². The first-order valence-corrected chi connectivity index (χ1v) is 7.46. The lowest BCUT2D eigenvalue weighted by Gasteiger charge is -2.02. The maximum Gasteiger partial charge on any atom is 0.227 e. The predicted octanol–water partition coefficient (Wildman–Crippen LogP) is 0.922. The third-order valence-electron chi connectivity index (χ3n) is 2.08. The van der Waals surface area contributed by atoms with E-state index in [2.05, 4.69) is 25.5 Å². The van der Waals surface area contributed by atoms with Crippen LogP contribution >= 0.6 is 23.1 Å². The smallest absolute Gasteiger partial charge is 0.227 e. The van der Waals surface area contributed by atoms with E-state index >= 15 is 0 Å². The Balaban J connectivity index is 1.79. The second-order valence-electron chi connectivity index (χ2n) is 3.77. The van der Waals surface area contributed by atoms with Crippen molar-refractivity contribution in [1.82, 2.24) is 20.2 Å². The Morgan fingerprint density at radius 1 is 1.35 bits per heavy atom. The molecule has 0 saturated heterocycles. The van der Waals surface area contributed by atoms with Crippen LogP contribution in [-0.2, 0) is 4.79 Å². The van der Waals surface area contributed by atoms with E-state index in [9.17, 15) is 4.79 Å². The van der Waals surface area contributed by atoms with Gasteiger partial charge in [0.2, 0.25) is 11.0 Å². The van der Waals surface area contributed by atoms with Gasteiger partial charge in [-0.3, -0.25) is 4.79 Å². The molecule has 0 fully saturated rings. The van der Waals surface area contributed by atoms with Gasteiger partial charge in [-0.2, -0.15) is 0 Å². The van der Waals surface area contributed by atoms with Crippen molar-refractivity contribution in [2.24, 2.45) is 0 Å². The Kier molecular flexibility index (Phi) is 4.69. The first-order valence-electron chi connectivity index (χ1n) is 5.66. The van der Waals surface area contributed by atoms with Crippen molar-refractivity contribution in [3.63, 3.8) is 0 Å². The minimum absolute atomic E-state index is 0.134. The fraction of sp³-hybridized carbons (Fsp3) is 0.300. The highest BCUT2D eigenvalue weighted by Crippen LogP contribution is 2.18. The summed E-state index contributed by atoms with van der Waals surface area (Å²) in [4.78, 5) is 19.7. The number of nitrogens with two attached hydrogens (primary N) is 2. The summed E-state index contributed by atoms with van der Waals surface area (Å²) in [5.74, 6) is 1.01. The second-order valence-corrected chi connectivity index (χ2v) is 6.02. The van der Waals surface area contributed by atoms with Gasteiger partial charge in [-0.15, -0.1) is 10.2 Å². The minimum atomic E-state index is -0.134. The summed E-state index contributed by atoms with van der Waals surface area (Å²) in [6, 6.07) is 1.48. The molecule has 0 aliphatic rings. The molecule has 20 heavy (non-hydrogen) atoms. The van der Waals surface area contributed by atoms with Crippen molar-refractivity contribution in [2.45, 2.75) is 18.5 Å². The SMILES string of the molecule is Cc1nnc(NC(=O)CCSc2nc(N)cc(N)n2)s1. The lowest BCUT2D eigenvalue weighted by molar-refractivity contribution is -0.115. The van der Waals surface area contributed by atoms with Crippen LogP contribution in [0.15, 0.2) is 11.2 Å². The molecule has 0 atom stereocenters. The molecule has 2 aromatic heterocycles. The van der Waals surface area contributed by atoms with E-state index in [-0.39, 0.29) is 5.91 Å². The number of hydrogen-bond acceptors (Lipinski definition) is 9. The molecule has 106 valence electrons. The predicted molar refractivity (Wildman–Crippen MR) is 79.5 cm³/mol. The Labute approximate surface area is 123 Å². The number of nitrogens with one attached hydrogen (secondary N) is 1. The Hall–Kier alpha value is -1.94. The molecular formula is C10H13N7OS2. The Morgan fingerprint density at radius 2 is 2.05 bits per heavy atom. The van der Waals surface area contributed by atoms with E-state index in [1.165, 1.54) is 29.2 Å². The quantitative estimate of drug-likeness (QED) is 0.548. The fourth-order valence-electron chi connectivity index (χ4n) is 1.29. The highest BCUT2D eigenvalue weighted by Gasteiger charge is 2.08. The summed E-state index contributed by atoms with van der Waals surface area (Å²) >= 11 is 2.65. The molecule has 0 bridgehead atoms. The third kappa shape index (κ3) is 4.31. The molecule has 0 spiro atoms. The largest absolute Gasteiger partial charge is 0.383 e. The van der Waals surface area contributed by atoms with Gasteiger partial charge in [-0.1, -0.05) is 23.1 Å². The number of carbonyl (C=O) groups excluding carboxylic acids is 1. The summed E-state index contributed by atoms with van der Waals surface area (Å²) in [6.07, 6.45) is 0.307. The van der Waals surface area contributed by atoms with Crippen LogP contribution in [0.25, 0.3) is 0 Å². The zero-order chi connectivity index (χ0) is 14.5. The molecule has 0 aromatic carbocycles. The topological polar surface area (TPSA) is 133 Å². The summed E-state index contributed by atoms with van der Waals surface area (Å²) in [6.45, 7) is 1.82. The number of hydrogen-bond donors (Lipinski definition) is 3. The second kappa shape index (κ2) is 6.48. The molecule has 0 radical (unpaired) electrons. The van der Waals surface area contributed by atoms with Crippen molar-refractivity contribution in [3.05, 3.63) is 11.1 Å². The molecule has 5 N–H and O–H groups in total. The van der Waals surface area contributed by atoms with Crippen LogP contribution < -0.4 is 16.8 Å². The average Bonchev–Trinajstić information content (AvgIpc) is 2.73. The average molecular weight is 311 g/mol. The number of anilines is 3. The van der Waals surface area contributed by atoms with Gasteiger partial charge in [0.15, 0.2) is 5.16 Å². The number of rotatable bonds is 5. The number of aromatic nitrogens is 4. The van der Waals surface area contributed by atoms with Crippen molar-refractivity contribution >= 4 is 45.8 Å². The molecule has 1 amide bonds. The van der Waals surface area contributed by atoms with E-state index < -0.39 is 0 Å². The van der Waals surface area contributed by atoms with Crippen LogP contribution in [0.2, 0.25) is 0 Å². The lowest BCUT2D eigenvalue weighted by Crippen LogP contribution is -2.12. The van der Waals surface area contributed by atoms with Crippen LogP contribution in [0.1, 0.15) is 11.4 Å². The Bertz CT molecular complexity index is 595. The minimum Gasteiger partial charge on any atom is -0.383 e. The summed E-state index contributed by atoms with van der Waals surface area (Å²) in [5, 5.41) is 12.1. The first-order chi connectivity index (χ1) is 9.52. The van der Waals surface area contributed by atoms with Gasteiger partial charge in [0.1, 0.15) is 16.6 Å². The number of amides is 1. The number of aryl methyl sites for hydroxylation is 1. The van der Waals surface area contributed by atoms with Gasteiger partial charge in [-0.25, -0.2) is 9.97 Å². The van der Waals surface area contributed by atoms with Gasteiger partial charge in [-0.05, 0) is 6.92 Å². The van der Waals surface area contributed by atoms with E-state index in [1.54, 1.807) is 0 Å². The third-order valence-corrected chi connectivity index (χ3v) is 3.68. The first kappa shape index (κ1) is 14.5. The Morgan fingerprint density at radius 3 is 2.65 bits per heavy atom. The van der Waals surface area contributed by atoms with Crippen LogP contribution in [0.3, 0.4) is 0 Å². The fourth-order valence-corrected chi connectivity index (χ4v) is 2.71. The van der Waals surface area contributed by atoms with Crippen molar-refractivity contribution in [3.8, 4) is 0 Å². The van der Waals surface area contributed by atoms with Crippen LogP contribution in [0, 0.1) is 6.92 Å². The maximum absolute atomic E-state index is 11.7. The molecule has 8 nitrogen and oxygen atoms in total. The summed E-state index contributed by atoms with van der Waals surface area (Å²) in [5.41, 5.74) is 11.1. The van der Waals surface area contributed by atoms with Gasteiger partial charge in [0.25, 0.3) is 0 Å². The van der Waals surface area contributed by atoms with Crippen LogP contribution in [0.4, 0.5) is 16.8 Å². The maximum atomic E-state index is 11.7. The molecule has 0 aliphatic heterocycles. The molecule has 10 heteroatoms. The van der Waals surface area contributed by atoms with Gasteiger partial charge in [0, 0.05) is 18.2 Å². The van der Waals surface area contributed by atoms with Crippen LogP contribution in [-0.4, -0.2) is 31.8 Å². The van der Waals surface area contributed by atoms with Crippen LogP contribution in [0.5, 0.6) is 0 Å². The number of nitrogens with zero attached hydrogens (tertiary/aromatic N) is 4. The van der Waals surface area contributed by atoms with Crippen molar-refractivity contribution < 1.29 is 4.79 Å². The molecule has 2 heterocycles. The van der Waals surface area contributed by atoms with E-state index in [1.807, 2.05) is 6.92 Å². The van der Waals surface area contributed by atoms with E-state index in [0.717, 1.165) is 5.01 Å². The normalized spacial score (nSPS) is 10.4. The standard InChI is InChI=1S/C10H13N7OS2/c1-5-16-17-10(20-5)15-8(18)2-3-19-9-13-6(11)4-7(12)14-9/h4H,2-3H2,1H3,(H,15,17,18)(H4,11,12,13,14). The monoisotopic (exact) mass is 311 g/mol. The number of carbonyl (C=O) groups is 1. The highest BCUT2D eigenvalue weighted by atomic mass is 32.2. The highest BCUT2D eigenvalue weighted by molar-refractivity contribution is 7.99. The summed E-state index contributed by atoms with van der Waals surface area (Å²) in [7, 11) is 0. The molecule has 2 rings (SSSR count). The molecular weight excluding hydrogens is 298 g/mol. The summed E-state index contributed by atoms with van der Waals surface area (Å²) < 4.78 is 0. The van der Waals surface area contributed by atoms with Gasteiger partial charge < -0.3 is 16.8 Å². The zero-order valence-electron chi connectivity index (χ0n) is 10.7. The molecule has 2 aromatic rings. The number of nitrogen functional groups attached to an aromatic ring is 2. The lowest BCUT2D eigenvalue weighted by atomic mass is 10.5. The van der Waals surface area contributed by atoms with Gasteiger partial charge >= 0.3 is 0 Å². The van der Waals surface area contributed by atoms with E-state index in [4.69, 9.17) is 11.5 Å².